The van der Waals surface area contributed by atoms with Crippen LogP contribution in [0.2, 0.25) is 0 Å². The van der Waals surface area contributed by atoms with E-state index in [1.807, 2.05) is 66.7 Å². The predicted molar refractivity (Wildman–Crippen MR) is 152 cm³/mol. The number of carbonyl (C=O) groups is 1. The minimum absolute atomic E-state index is 0. The molecule has 0 unspecified atom stereocenters. The summed E-state index contributed by atoms with van der Waals surface area (Å²) in [4.78, 5) is 20.9. The van der Waals surface area contributed by atoms with Gasteiger partial charge in [0.05, 0.1) is 15.9 Å². The molecule has 6 rings (SSSR count). The van der Waals surface area contributed by atoms with E-state index >= 15 is 0 Å². The fraction of sp³-hybridized carbons (Fsp3) is 0.172. The number of benzene rings is 4. The molecule has 0 atom stereocenters. The van der Waals surface area contributed by atoms with E-state index in [1.165, 1.54) is 10.3 Å². The number of thiazole rings is 1. The van der Waals surface area contributed by atoms with E-state index in [1.54, 1.807) is 11.3 Å². The highest BCUT2D eigenvalue weighted by molar-refractivity contribution is 7.21. The quantitative estimate of drug-likeness (QED) is 0.293. The molecule has 5 aromatic rings. The van der Waals surface area contributed by atoms with Crippen molar-refractivity contribution in [3.8, 4) is 10.6 Å². The lowest BCUT2D eigenvalue weighted by molar-refractivity contribution is 0.102. The van der Waals surface area contributed by atoms with Gasteiger partial charge in [0.1, 0.15) is 5.01 Å². The minimum Gasteiger partial charge on any atom is -0.321 e. The number of rotatable bonds is 5. The van der Waals surface area contributed by atoms with Crippen LogP contribution in [0.4, 0.5) is 5.69 Å². The summed E-state index contributed by atoms with van der Waals surface area (Å²) in [6.07, 6.45) is 0. The molecule has 2 N–H and O–H groups in total. The lowest BCUT2D eigenvalue weighted by Crippen LogP contribution is -2.42. The predicted octanol–water partition coefficient (Wildman–Crippen LogP) is 6.20. The molecule has 0 aliphatic carbocycles. The van der Waals surface area contributed by atoms with Gasteiger partial charge >= 0.3 is 0 Å². The van der Waals surface area contributed by atoms with Gasteiger partial charge in [0.2, 0.25) is 0 Å². The maximum atomic E-state index is 13.3. The van der Waals surface area contributed by atoms with Gasteiger partial charge in [0.25, 0.3) is 5.91 Å². The Kier molecular flexibility index (Phi) is 7.30. The van der Waals surface area contributed by atoms with Crippen molar-refractivity contribution in [2.24, 2.45) is 0 Å². The molecule has 1 fully saturated rings. The summed E-state index contributed by atoms with van der Waals surface area (Å²) in [6, 6.07) is 28.2. The summed E-state index contributed by atoms with van der Waals surface area (Å²) < 4.78 is 1.17. The first kappa shape index (κ1) is 24.4. The first-order valence-corrected chi connectivity index (χ1v) is 12.8. The van der Waals surface area contributed by atoms with Gasteiger partial charge in [-0.1, -0.05) is 60.7 Å². The molecule has 1 aromatic heterocycles. The molecular formula is C29H27ClN4OS. The van der Waals surface area contributed by atoms with Gasteiger partial charge < -0.3 is 10.6 Å². The summed E-state index contributed by atoms with van der Waals surface area (Å²) >= 11 is 1.67. The molecule has 0 radical (unpaired) electrons. The number of anilines is 1. The SMILES string of the molecule is Cl.O=C(Nc1ccccc1-c1nc2c(CN3CCNCC3)cccc2s1)c1cccc2ccccc12. The fourth-order valence-corrected chi connectivity index (χ4v) is 5.80. The number of nitrogens with one attached hydrogen (secondary N) is 2. The molecule has 0 saturated carbocycles. The van der Waals surface area contributed by atoms with Crippen molar-refractivity contribution in [1.29, 1.82) is 0 Å². The van der Waals surface area contributed by atoms with E-state index in [4.69, 9.17) is 4.98 Å². The normalized spacial score (nSPS) is 14.0. The molecular weight excluding hydrogens is 488 g/mol. The van der Waals surface area contributed by atoms with Crippen LogP contribution in [0.15, 0.2) is 84.9 Å². The molecule has 0 spiro atoms. The Morgan fingerprint density at radius 3 is 2.56 bits per heavy atom. The number of para-hydroxylation sites is 2. The largest absolute Gasteiger partial charge is 0.321 e. The van der Waals surface area contributed by atoms with Crippen LogP contribution in [0.1, 0.15) is 15.9 Å². The summed E-state index contributed by atoms with van der Waals surface area (Å²) in [5, 5.41) is 9.49. The highest BCUT2D eigenvalue weighted by Gasteiger charge is 2.17. The summed E-state index contributed by atoms with van der Waals surface area (Å²) in [5.74, 6) is -0.116. The van der Waals surface area contributed by atoms with Gasteiger partial charge in [0, 0.05) is 43.9 Å². The molecule has 36 heavy (non-hydrogen) atoms. The Morgan fingerprint density at radius 2 is 1.67 bits per heavy atom. The van der Waals surface area contributed by atoms with Gasteiger partial charge in [-0.3, -0.25) is 9.69 Å². The highest BCUT2D eigenvalue weighted by Crippen LogP contribution is 2.36. The zero-order valence-corrected chi connectivity index (χ0v) is 21.4. The van der Waals surface area contributed by atoms with Crippen molar-refractivity contribution in [2.75, 3.05) is 31.5 Å². The van der Waals surface area contributed by atoms with E-state index in [-0.39, 0.29) is 18.3 Å². The van der Waals surface area contributed by atoms with Crippen LogP contribution in [0, 0.1) is 0 Å². The Morgan fingerprint density at radius 1 is 0.917 bits per heavy atom. The molecule has 1 saturated heterocycles. The third-order valence-electron chi connectivity index (χ3n) is 6.55. The van der Waals surface area contributed by atoms with Crippen molar-refractivity contribution in [3.05, 3.63) is 96.1 Å². The Hall–Kier alpha value is -3.29. The first-order valence-electron chi connectivity index (χ1n) is 12.0. The molecule has 182 valence electrons. The molecule has 1 aliphatic rings. The number of hydrogen-bond acceptors (Lipinski definition) is 5. The summed E-state index contributed by atoms with van der Waals surface area (Å²) in [7, 11) is 0. The van der Waals surface area contributed by atoms with E-state index in [0.717, 1.165) is 65.3 Å². The van der Waals surface area contributed by atoms with E-state index in [2.05, 4.69) is 33.7 Å². The van der Waals surface area contributed by atoms with Crippen molar-refractivity contribution < 1.29 is 4.79 Å². The zero-order valence-electron chi connectivity index (χ0n) is 19.7. The average Bonchev–Trinajstić information content (AvgIpc) is 3.34. The van der Waals surface area contributed by atoms with Gasteiger partial charge in [0.15, 0.2) is 0 Å². The van der Waals surface area contributed by atoms with Crippen LogP contribution in [0.25, 0.3) is 31.6 Å². The highest BCUT2D eigenvalue weighted by atomic mass is 35.5. The second kappa shape index (κ2) is 10.8. The van der Waals surface area contributed by atoms with Crippen LogP contribution >= 0.6 is 23.7 Å². The Labute approximate surface area is 220 Å². The van der Waals surface area contributed by atoms with Crippen LogP contribution < -0.4 is 10.6 Å². The number of hydrogen-bond donors (Lipinski definition) is 2. The number of halogens is 1. The lowest BCUT2D eigenvalue weighted by atomic mass is 10.0. The maximum Gasteiger partial charge on any atom is 0.256 e. The van der Waals surface area contributed by atoms with Crippen LogP contribution in [-0.2, 0) is 6.54 Å². The van der Waals surface area contributed by atoms with Crippen LogP contribution in [0.5, 0.6) is 0 Å². The van der Waals surface area contributed by atoms with Gasteiger partial charge in [-0.25, -0.2) is 4.98 Å². The van der Waals surface area contributed by atoms with E-state index in [0.29, 0.717) is 5.56 Å². The Bertz CT molecular complexity index is 1520. The maximum absolute atomic E-state index is 13.3. The third kappa shape index (κ3) is 4.86. The molecule has 1 aliphatic heterocycles. The standard InChI is InChI=1S/C29H26N4OS.ClH/c34-28(23-12-5-8-20-7-1-2-10-22(20)23)31-25-13-4-3-11-24(25)29-32-27-21(9-6-14-26(27)35-29)19-33-17-15-30-16-18-33;/h1-14,30H,15-19H2,(H,31,34);1H. The summed E-state index contributed by atoms with van der Waals surface area (Å²) in [6.45, 7) is 5.07. The average molecular weight is 515 g/mol. The van der Waals surface area contributed by atoms with Crippen molar-refractivity contribution >= 4 is 56.3 Å². The minimum atomic E-state index is -0.116. The fourth-order valence-electron chi connectivity index (χ4n) is 4.75. The van der Waals surface area contributed by atoms with E-state index < -0.39 is 0 Å². The second-order valence-electron chi connectivity index (χ2n) is 8.84. The van der Waals surface area contributed by atoms with Crippen LogP contribution in [-0.4, -0.2) is 42.0 Å². The molecule has 4 aromatic carbocycles. The van der Waals surface area contributed by atoms with Crippen molar-refractivity contribution in [1.82, 2.24) is 15.2 Å². The Balaban J connectivity index is 0.00000267. The number of amides is 1. The zero-order chi connectivity index (χ0) is 23.6. The van der Waals surface area contributed by atoms with Gasteiger partial charge in [-0.05, 0) is 40.6 Å². The topological polar surface area (TPSA) is 57.3 Å². The van der Waals surface area contributed by atoms with Gasteiger partial charge in [-0.2, -0.15) is 0 Å². The number of fused-ring (bicyclic) bond motifs is 2. The third-order valence-corrected chi connectivity index (χ3v) is 7.60. The molecule has 7 heteroatoms. The number of nitrogens with zero attached hydrogens (tertiary/aromatic N) is 2. The second-order valence-corrected chi connectivity index (χ2v) is 9.87. The van der Waals surface area contributed by atoms with Gasteiger partial charge in [-0.15, -0.1) is 23.7 Å². The number of aromatic nitrogens is 1. The number of piperazine rings is 1. The molecule has 5 nitrogen and oxygen atoms in total. The molecule has 0 bridgehead atoms. The molecule has 1 amide bonds. The van der Waals surface area contributed by atoms with E-state index in [9.17, 15) is 4.79 Å². The van der Waals surface area contributed by atoms with Crippen molar-refractivity contribution in [2.45, 2.75) is 6.54 Å². The number of carbonyl (C=O) groups excluding carboxylic acids is 1. The monoisotopic (exact) mass is 514 g/mol. The van der Waals surface area contributed by atoms with Crippen molar-refractivity contribution in [3.63, 3.8) is 0 Å². The lowest BCUT2D eigenvalue weighted by Gasteiger charge is -2.27. The van der Waals surface area contributed by atoms with Crippen LogP contribution in [0.3, 0.4) is 0 Å². The molecule has 2 heterocycles. The summed E-state index contributed by atoms with van der Waals surface area (Å²) in [5.41, 5.74) is 4.69. The smallest absolute Gasteiger partial charge is 0.256 e. The first-order chi connectivity index (χ1) is 17.3.